The van der Waals surface area contributed by atoms with Gasteiger partial charge in [0.2, 0.25) is 5.95 Å². The first kappa shape index (κ1) is 13.6. The van der Waals surface area contributed by atoms with E-state index >= 15 is 0 Å². The molecule has 18 heavy (non-hydrogen) atoms. The highest BCUT2D eigenvalue weighted by Crippen LogP contribution is 2.29. The maximum absolute atomic E-state index is 5.73. The Morgan fingerprint density at radius 3 is 2.83 bits per heavy atom. The molecule has 0 saturated heterocycles. The first-order chi connectivity index (χ1) is 8.74. The van der Waals surface area contributed by atoms with Crippen LogP contribution in [0.3, 0.4) is 0 Å². The molecule has 6 heteroatoms. The summed E-state index contributed by atoms with van der Waals surface area (Å²) in [4.78, 5) is 12.0. The minimum Gasteiger partial charge on any atom is -0.368 e. The lowest BCUT2D eigenvalue weighted by Crippen LogP contribution is -2.25. The van der Waals surface area contributed by atoms with Crippen LogP contribution in [0.2, 0.25) is 0 Å². The Balaban J connectivity index is 2.05. The molecule has 0 fully saturated rings. The fourth-order valence-corrected chi connectivity index (χ4v) is 3.62. The minimum atomic E-state index is 0.371. The highest BCUT2D eigenvalue weighted by atomic mass is 32.2. The fraction of sp³-hybridized carbons (Fsp3) is 0.500. The minimum absolute atomic E-state index is 0.371. The van der Waals surface area contributed by atoms with Gasteiger partial charge in [-0.15, -0.1) is 23.1 Å². The molecule has 2 N–H and O–H groups in total. The molecule has 0 aromatic carbocycles. The molecule has 2 rings (SSSR count). The van der Waals surface area contributed by atoms with Crippen molar-refractivity contribution in [3.8, 4) is 0 Å². The number of thioether (sulfide) groups is 1. The van der Waals surface area contributed by atoms with E-state index in [-0.39, 0.29) is 0 Å². The number of thiophene rings is 1. The molecule has 0 aliphatic heterocycles. The number of hydrogen-bond donors (Lipinski definition) is 1. The van der Waals surface area contributed by atoms with E-state index in [0.717, 1.165) is 40.6 Å². The molecular formula is C12H18N4S2. The lowest BCUT2D eigenvalue weighted by Gasteiger charge is -2.17. The second-order valence-corrected chi connectivity index (χ2v) is 5.88. The van der Waals surface area contributed by atoms with Crippen molar-refractivity contribution in [3.63, 3.8) is 0 Å². The van der Waals surface area contributed by atoms with Crippen molar-refractivity contribution in [3.05, 3.63) is 11.4 Å². The van der Waals surface area contributed by atoms with Crippen molar-refractivity contribution >= 4 is 39.3 Å². The maximum atomic E-state index is 5.73. The van der Waals surface area contributed by atoms with Gasteiger partial charge >= 0.3 is 0 Å². The Hall–Kier alpha value is -0.850. The van der Waals surface area contributed by atoms with Crippen LogP contribution in [0.5, 0.6) is 0 Å². The van der Waals surface area contributed by atoms with Gasteiger partial charge in [0.1, 0.15) is 9.86 Å². The van der Waals surface area contributed by atoms with Crippen LogP contribution in [0, 0.1) is 0 Å². The van der Waals surface area contributed by atoms with Crippen molar-refractivity contribution in [1.29, 1.82) is 0 Å². The third-order valence-electron chi connectivity index (χ3n) is 2.85. The van der Waals surface area contributed by atoms with E-state index in [0.29, 0.717) is 5.95 Å². The van der Waals surface area contributed by atoms with Crippen LogP contribution >= 0.6 is 23.1 Å². The number of rotatable bonds is 6. The molecule has 0 unspecified atom stereocenters. The van der Waals surface area contributed by atoms with Crippen LogP contribution in [0.4, 0.5) is 5.95 Å². The maximum Gasteiger partial charge on any atom is 0.222 e. The van der Waals surface area contributed by atoms with Crippen molar-refractivity contribution in [2.24, 2.45) is 0 Å². The van der Waals surface area contributed by atoms with Gasteiger partial charge in [-0.1, -0.05) is 13.8 Å². The van der Waals surface area contributed by atoms with Crippen LogP contribution in [-0.2, 0) is 0 Å². The van der Waals surface area contributed by atoms with Gasteiger partial charge < -0.3 is 10.6 Å². The van der Waals surface area contributed by atoms with Gasteiger partial charge in [-0.2, -0.15) is 0 Å². The van der Waals surface area contributed by atoms with Crippen molar-refractivity contribution in [2.45, 2.75) is 18.9 Å². The number of fused-ring (bicyclic) bond motifs is 1. The highest BCUT2D eigenvalue weighted by Gasteiger charge is 2.08. The van der Waals surface area contributed by atoms with Gasteiger partial charge in [0.05, 0.1) is 0 Å². The van der Waals surface area contributed by atoms with E-state index < -0.39 is 0 Å². The van der Waals surface area contributed by atoms with Crippen molar-refractivity contribution in [1.82, 2.24) is 14.9 Å². The van der Waals surface area contributed by atoms with Gasteiger partial charge in [-0.25, -0.2) is 9.97 Å². The monoisotopic (exact) mass is 282 g/mol. The lowest BCUT2D eigenvalue weighted by atomic mass is 10.4. The molecule has 98 valence electrons. The average molecular weight is 282 g/mol. The Morgan fingerprint density at radius 1 is 1.33 bits per heavy atom. The largest absolute Gasteiger partial charge is 0.368 e. The normalized spacial score (nSPS) is 11.5. The number of aromatic nitrogens is 2. The Morgan fingerprint density at radius 2 is 2.11 bits per heavy atom. The Labute approximate surface area is 116 Å². The van der Waals surface area contributed by atoms with Crippen LogP contribution in [-0.4, -0.2) is 40.3 Å². The van der Waals surface area contributed by atoms with E-state index in [1.807, 2.05) is 5.38 Å². The second kappa shape index (κ2) is 6.36. The topological polar surface area (TPSA) is 55.0 Å². The quantitative estimate of drug-likeness (QED) is 0.652. The lowest BCUT2D eigenvalue weighted by molar-refractivity contribution is 0.324. The number of hydrogen-bond acceptors (Lipinski definition) is 6. The van der Waals surface area contributed by atoms with Crippen LogP contribution in [0.25, 0.3) is 10.2 Å². The van der Waals surface area contributed by atoms with Gasteiger partial charge in [0.15, 0.2) is 0 Å². The zero-order chi connectivity index (χ0) is 13.0. The predicted molar refractivity (Wildman–Crippen MR) is 80.3 cm³/mol. The molecule has 0 bridgehead atoms. The number of nitrogen functional groups attached to an aromatic ring is 1. The molecular weight excluding hydrogens is 264 g/mol. The molecule has 2 aromatic heterocycles. The standard InChI is InChI=1S/C12H18N4S2/c1-3-16(4-2)6-8-18-11-9-5-7-17-10(9)14-12(13)15-11/h5,7H,3-4,6,8H2,1-2H3,(H2,13,14,15). The van der Waals surface area contributed by atoms with E-state index in [4.69, 9.17) is 5.73 Å². The summed E-state index contributed by atoms with van der Waals surface area (Å²) >= 11 is 3.37. The Bertz CT molecular complexity index is 508. The first-order valence-electron chi connectivity index (χ1n) is 6.10. The molecule has 0 aliphatic rings. The molecule has 2 heterocycles. The summed E-state index contributed by atoms with van der Waals surface area (Å²) in [7, 11) is 0. The van der Waals surface area contributed by atoms with Gasteiger partial charge in [-0.05, 0) is 24.5 Å². The molecule has 0 radical (unpaired) electrons. The summed E-state index contributed by atoms with van der Waals surface area (Å²) in [5.74, 6) is 1.40. The summed E-state index contributed by atoms with van der Waals surface area (Å²) < 4.78 is 0. The number of anilines is 1. The summed E-state index contributed by atoms with van der Waals surface area (Å²) in [6.45, 7) is 7.64. The molecule has 0 spiro atoms. The summed E-state index contributed by atoms with van der Waals surface area (Å²) in [5.41, 5.74) is 5.73. The highest BCUT2D eigenvalue weighted by molar-refractivity contribution is 7.99. The molecule has 0 aliphatic carbocycles. The van der Waals surface area contributed by atoms with Gasteiger partial charge in [-0.3, -0.25) is 0 Å². The SMILES string of the molecule is CCN(CC)CCSc1nc(N)nc2sccc12. The van der Waals surface area contributed by atoms with Crippen LogP contribution in [0.1, 0.15) is 13.8 Å². The summed E-state index contributed by atoms with van der Waals surface area (Å²) in [5, 5.41) is 4.16. The molecule has 2 aromatic rings. The third kappa shape index (κ3) is 3.13. The molecule has 0 atom stereocenters. The van der Waals surface area contributed by atoms with Crippen molar-refractivity contribution in [2.75, 3.05) is 31.1 Å². The van der Waals surface area contributed by atoms with Crippen molar-refractivity contribution < 1.29 is 0 Å². The summed E-state index contributed by atoms with van der Waals surface area (Å²) in [6, 6.07) is 2.07. The Kier molecular flexibility index (Phi) is 4.79. The first-order valence-corrected chi connectivity index (χ1v) is 7.97. The molecule has 0 amide bonds. The van der Waals surface area contributed by atoms with E-state index in [1.165, 1.54) is 0 Å². The van der Waals surface area contributed by atoms with E-state index in [9.17, 15) is 0 Å². The fourth-order valence-electron chi connectivity index (χ4n) is 1.77. The van der Waals surface area contributed by atoms with Crippen LogP contribution < -0.4 is 5.73 Å². The molecule has 0 saturated carbocycles. The van der Waals surface area contributed by atoms with Gasteiger partial charge in [0.25, 0.3) is 0 Å². The third-order valence-corrected chi connectivity index (χ3v) is 4.63. The predicted octanol–water partition coefficient (Wildman–Crippen LogP) is 2.71. The average Bonchev–Trinajstić information content (AvgIpc) is 2.82. The second-order valence-electron chi connectivity index (χ2n) is 3.90. The molecule has 4 nitrogen and oxygen atoms in total. The van der Waals surface area contributed by atoms with E-state index in [1.54, 1.807) is 23.1 Å². The number of nitrogens with two attached hydrogens (primary N) is 1. The zero-order valence-corrected chi connectivity index (χ0v) is 12.4. The van der Waals surface area contributed by atoms with Crippen LogP contribution in [0.15, 0.2) is 16.5 Å². The summed E-state index contributed by atoms with van der Waals surface area (Å²) in [6.07, 6.45) is 0. The van der Waals surface area contributed by atoms with E-state index in [2.05, 4.69) is 34.8 Å². The zero-order valence-electron chi connectivity index (χ0n) is 10.7. The smallest absolute Gasteiger partial charge is 0.222 e. The number of nitrogens with zero attached hydrogens (tertiary/aromatic N) is 3. The van der Waals surface area contributed by atoms with Gasteiger partial charge in [0, 0.05) is 17.7 Å².